The summed E-state index contributed by atoms with van der Waals surface area (Å²) in [6.45, 7) is 1.13. The van der Waals surface area contributed by atoms with Crippen molar-refractivity contribution in [3.8, 4) is 0 Å². The molecule has 134 valence electrons. The van der Waals surface area contributed by atoms with Crippen molar-refractivity contribution in [2.75, 3.05) is 5.32 Å². The van der Waals surface area contributed by atoms with Gasteiger partial charge in [0, 0.05) is 0 Å². The van der Waals surface area contributed by atoms with Gasteiger partial charge in [0.05, 0.1) is 26.6 Å². The van der Waals surface area contributed by atoms with Crippen molar-refractivity contribution in [3.63, 3.8) is 0 Å². The fourth-order valence-corrected chi connectivity index (χ4v) is 2.96. The van der Waals surface area contributed by atoms with Gasteiger partial charge in [-0.25, -0.2) is 13.2 Å². The van der Waals surface area contributed by atoms with E-state index < -0.39 is 34.4 Å². The Morgan fingerprint density at radius 2 is 1.69 bits per heavy atom. The van der Waals surface area contributed by atoms with Crippen LogP contribution in [0.2, 0.25) is 10.0 Å². The third-order valence-electron chi connectivity index (χ3n) is 3.70. The lowest BCUT2D eigenvalue weighted by atomic mass is 10.1. The maximum absolute atomic E-state index is 13.9. The molecule has 0 amide bonds. The average Bonchev–Trinajstić information content (AvgIpc) is 2.58. The lowest BCUT2D eigenvalue weighted by Gasteiger charge is -2.14. The minimum absolute atomic E-state index is 0.0133. The van der Waals surface area contributed by atoms with Crippen LogP contribution in [-0.2, 0) is 0 Å². The van der Waals surface area contributed by atoms with Crippen molar-refractivity contribution in [3.05, 3.63) is 67.5 Å². The van der Waals surface area contributed by atoms with E-state index in [9.17, 15) is 22.8 Å². The van der Waals surface area contributed by atoms with Crippen LogP contribution in [0.25, 0.3) is 10.9 Å². The molecule has 1 heterocycles. The number of carbonyl (C=O) groups excluding carboxylic acids is 1. The Bertz CT molecular complexity index is 1130. The summed E-state index contributed by atoms with van der Waals surface area (Å²) in [4.78, 5) is 27.4. The van der Waals surface area contributed by atoms with Gasteiger partial charge in [0.15, 0.2) is 23.2 Å². The van der Waals surface area contributed by atoms with Gasteiger partial charge >= 0.3 is 0 Å². The molecule has 9 heteroatoms. The zero-order chi connectivity index (χ0) is 19.2. The van der Waals surface area contributed by atoms with Gasteiger partial charge in [-0.1, -0.05) is 23.2 Å². The Hall–Kier alpha value is -2.51. The standard InChI is InChI=1S/C17H9Cl2F3N2O2/c1-6(25)11-16(26)12-7(18)2-3-8(19)15(12)24-17(11)23-10-5-4-9(20)13(21)14(10)22/h2-5H,1H3,(H2,23,24,26). The Kier molecular flexibility index (Phi) is 4.68. The summed E-state index contributed by atoms with van der Waals surface area (Å²) in [7, 11) is 0. The summed E-state index contributed by atoms with van der Waals surface area (Å²) < 4.78 is 40.5. The van der Waals surface area contributed by atoms with Crippen LogP contribution in [0.15, 0.2) is 29.1 Å². The van der Waals surface area contributed by atoms with Crippen LogP contribution in [0.3, 0.4) is 0 Å². The first-order valence-electron chi connectivity index (χ1n) is 7.17. The fourth-order valence-electron chi connectivity index (χ4n) is 2.51. The Morgan fingerprint density at radius 3 is 2.35 bits per heavy atom. The zero-order valence-electron chi connectivity index (χ0n) is 13.0. The number of hydrogen-bond acceptors (Lipinski definition) is 3. The van der Waals surface area contributed by atoms with E-state index in [4.69, 9.17) is 23.2 Å². The number of H-pyrrole nitrogens is 1. The van der Waals surface area contributed by atoms with E-state index in [1.54, 1.807) is 0 Å². The average molecular weight is 401 g/mol. The van der Waals surface area contributed by atoms with Crippen molar-refractivity contribution in [1.82, 2.24) is 4.98 Å². The maximum atomic E-state index is 13.9. The number of nitrogens with one attached hydrogen (secondary N) is 2. The molecule has 0 aliphatic carbocycles. The predicted octanol–water partition coefficient (Wildman–Crippen LogP) is 5.20. The van der Waals surface area contributed by atoms with Crippen molar-refractivity contribution in [1.29, 1.82) is 0 Å². The minimum atomic E-state index is -1.69. The number of Topliss-reactive ketones (excluding diaryl/α,β-unsaturated/α-hetero) is 1. The van der Waals surface area contributed by atoms with Crippen LogP contribution < -0.4 is 10.7 Å². The SMILES string of the molecule is CC(=O)c1c(Nc2ccc(F)c(F)c2F)[nH]c2c(Cl)ccc(Cl)c2c1=O. The van der Waals surface area contributed by atoms with Gasteiger partial charge in [0.25, 0.3) is 0 Å². The molecule has 1 aromatic heterocycles. The maximum Gasteiger partial charge on any atom is 0.203 e. The molecular weight excluding hydrogens is 392 g/mol. The number of carbonyl (C=O) groups is 1. The van der Waals surface area contributed by atoms with Crippen LogP contribution in [0.5, 0.6) is 0 Å². The number of ketones is 1. The first-order valence-corrected chi connectivity index (χ1v) is 7.93. The molecule has 0 unspecified atom stereocenters. The largest absolute Gasteiger partial charge is 0.339 e. The molecule has 0 atom stereocenters. The summed E-state index contributed by atoms with van der Waals surface area (Å²) in [5.74, 6) is -5.43. The second kappa shape index (κ2) is 6.66. The Morgan fingerprint density at radius 1 is 1.04 bits per heavy atom. The first-order chi connectivity index (χ1) is 12.2. The van der Waals surface area contributed by atoms with Crippen LogP contribution in [-0.4, -0.2) is 10.8 Å². The van der Waals surface area contributed by atoms with E-state index in [0.29, 0.717) is 6.07 Å². The van der Waals surface area contributed by atoms with Gasteiger partial charge in [-0.3, -0.25) is 9.59 Å². The monoisotopic (exact) mass is 400 g/mol. The molecule has 26 heavy (non-hydrogen) atoms. The third kappa shape index (κ3) is 2.93. The fraction of sp³-hybridized carbons (Fsp3) is 0.0588. The highest BCUT2D eigenvalue weighted by Gasteiger charge is 2.21. The number of aromatic amines is 1. The molecule has 0 saturated heterocycles. The van der Waals surface area contributed by atoms with Crippen molar-refractivity contribution in [2.24, 2.45) is 0 Å². The molecule has 2 aromatic carbocycles. The second-order valence-corrected chi connectivity index (χ2v) is 6.20. The number of halogens is 5. The van der Waals surface area contributed by atoms with Gasteiger partial charge in [0.2, 0.25) is 5.43 Å². The van der Waals surface area contributed by atoms with Crippen LogP contribution in [0.1, 0.15) is 17.3 Å². The number of aromatic nitrogens is 1. The van der Waals surface area contributed by atoms with Crippen molar-refractivity contribution in [2.45, 2.75) is 6.92 Å². The van der Waals surface area contributed by atoms with E-state index >= 15 is 0 Å². The van der Waals surface area contributed by atoms with E-state index in [1.807, 2.05) is 0 Å². The minimum Gasteiger partial charge on any atom is -0.339 e. The highest BCUT2D eigenvalue weighted by Crippen LogP contribution is 2.30. The summed E-state index contributed by atoms with van der Waals surface area (Å²) in [6.07, 6.45) is 0. The third-order valence-corrected chi connectivity index (χ3v) is 4.33. The molecule has 0 aliphatic rings. The number of fused-ring (bicyclic) bond motifs is 1. The van der Waals surface area contributed by atoms with Gasteiger partial charge in [-0.15, -0.1) is 0 Å². The van der Waals surface area contributed by atoms with Crippen LogP contribution >= 0.6 is 23.2 Å². The number of pyridine rings is 1. The molecule has 0 aliphatic heterocycles. The smallest absolute Gasteiger partial charge is 0.203 e. The van der Waals surface area contributed by atoms with E-state index in [-0.39, 0.29) is 32.3 Å². The number of benzene rings is 2. The lowest BCUT2D eigenvalue weighted by Crippen LogP contribution is -2.18. The molecule has 0 fully saturated rings. The number of hydrogen-bond donors (Lipinski definition) is 2. The highest BCUT2D eigenvalue weighted by atomic mass is 35.5. The van der Waals surface area contributed by atoms with Gasteiger partial charge < -0.3 is 10.3 Å². The number of rotatable bonds is 3. The molecule has 0 bridgehead atoms. The lowest BCUT2D eigenvalue weighted by molar-refractivity contribution is 0.101. The quantitative estimate of drug-likeness (QED) is 0.469. The molecule has 0 radical (unpaired) electrons. The van der Waals surface area contributed by atoms with E-state index in [1.165, 1.54) is 12.1 Å². The molecule has 0 saturated carbocycles. The van der Waals surface area contributed by atoms with Crippen LogP contribution in [0.4, 0.5) is 24.7 Å². The predicted molar refractivity (Wildman–Crippen MR) is 94.2 cm³/mol. The Balaban J connectivity index is 2.31. The molecule has 3 rings (SSSR count). The van der Waals surface area contributed by atoms with Crippen LogP contribution in [0, 0.1) is 17.5 Å². The Labute approximate surface area is 154 Å². The molecule has 4 nitrogen and oxygen atoms in total. The van der Waals surface area contributed by atoms with Crippen molar-refractivity contribution < 1.29 is 18.0 Å². The summed E-state index contributed by atoms with van der Waals surface area (Å²) in [5, 5.41) is 2.60. The topological polar surface area (TPSA) is 62.0 Å². The number of anilines is 2. The molecular formula is C17H9Cl2F3N2O2. The zero-order valence-corrected chi connectivity index (χ0v) is 14.5. The second-order valence-electron chi connectivity index (χ2n) is 5.39. The van der Waals surface area contributed by atoms with Gasteiger partial charge in [-0.2, -0.15) is 0 Å². The highest BCUT2D eigenvalue weighted by molar-refractivity contribution is 6.40. The molecule has 0 spiro atoms. The van der Waals surface area contributed by atoms with E-state index in [2.05, 4.69) is 10.3 Å². The molecule has 2 N–H and O–H groups in total. The summed E-state index contributed by atoms with van der Waals surface area (Å²) >= 11 is 12.1. The molecule has 3 aromatic rings. The summed E-state index contributed by atoms with van der Waals surface area (Å²) in [6, 6.07) is 4.46. The van der Waals surface area contributed by atoms with Gasteiger partial charge in [0.1, 0.15) is 11.4 Å². The van der Waals surface area contributed by atoms with Crippen molar-refractivity contribution >= 4 is 51.4 Å². The summed E-state index contributed by atoms with van der Waals surface area (Å²) in [5.41, 5.74) is -1.45. The normalized spacial score (nSPS) is 11.0. The van der Waals surface area contributed by atoms with E-state index in [0.717, 1.165) is 13.0 Å². The van der Waals surface area contributed by atoms with Gasteiger partial charge in [-0.05, 0) is 31.2 Å². The first kappa shape index (κ1) is 18.3.